The van der Waals surface area contributed by atoms with Crippen molar-refractivity contribution >= 4 is 11.3 Å². The third-order valence-corrected chi connectivity index (χ3v) is 5.13. The van der Waals surface area contributed by atoms with Gasteiger partial charge in [-0.2, -0.15) is 0 Å². The summed E-state index contributed by atoms with van der Waals surface area (Å²) in [7, 11) is 0. The van der Waals surface area contributed by atoms with E-state index >= 15 is 0 Å². The normalized spacial score (nSPS) is 30.5. The lowest BCUT2D eigenvalue weighted by molar-refractivity contribution is 0.113. The van der Waals surface area contributed by atoms with Gasteiger partial charge in [0.2, 0.25) is 0 Å². The second-order valence-corrected chi connectivity index (χ2v) is 5.94. The first-order chi connectivity index (χ1) is 8.36. The molecule has 0 aromatic carbocycles. The number of rotatable bonds is 1. The van der Waals surface area contributed by atoms with E-state index in [-0.39, 0.29) is 6.10 Å². The average molecular weight is 246 g/mol. The van der Waals surface area contributed by atoms with E-state index in [4.69, 9.17) is 0 Å². The Hall–Kier alpha value is -1.13. The molecule has 3 nitrogen and oxygen atoms in total. The Labute approximate surface area is 104 Å². The number of aliphatic hydroxyl groups is 1. The summed E-state index contributed by atoms with van der Waals surface area (Å²) in [5.41, 5.74) is 2.53. The number of imidazole rings is 1. The van der Waals surface area contributed by atoms with Crippen LogP contribution in [0.25, 0.3) is 11.3 Å². The van der Waals surface area contributed by atoms with Crippen molar-refractivity contribution in [3.63, 3.8) is 0 Å². The number of fused-ring (bicyclic) bond motifs is 3. The third-order valence-electron chi connectivity index (χ3n) is 4.14. The van der Waals surface area contributed by atoms with Gasteiger partial charge in [0.15, 0.2) is 0 Å². The SMILES string of the molecule is O[C@H]1CCC[C@@H]1C1c2sccc2-c2cncn21. The lowest BCUT2D eigenvalue weighted by Crippen LogP contribution is -2.23. The van der Waals surface area contributed by atoms with Crippen LogP contribution in [-0.2, 0) is 0 Å². The minimum absolute atomic E-state index is 0.150. The van der Waals surface area contributed by atoms with E-state index in [9.17, 15) is 5.11 Å². The summed E-state index contributed by atoms with van der Waals surface area (Å²) in [5, 5.41) is 12.3. The number of aliphatic hydroxyl groups excluding tert-OH is 1. The molecule has 17 heavy (non-hydrogen) atoms. The fraction of sp³-hybridized carbons (Fsp3) is 0.462. The van der Waals surface area contributed by atoms with Gasteiger partial charge in [0.05, 0.1) is 30.4 Å². The van der Waals surface area contributed by atoms with Gasteiger partial charge in [-0.3, -0.25) is 0 Å². The molecule has 4 heteroatoms. The fourth-order valence-corrected chi connectivity index (χ4v) is 4.44. The van der Waals surface area contributed by atoms with Gasteiger partial charge in [0, 0.05) is 16.4 Å². The molecule has 0 amide bonds. The molecule has 2 aliphatic rings. The van der Waals surface area contributed by atoms with E-state index < -0.39 is 0 Å². The summed E-state index contributed by atoms with van der Waals surface area (Å²) in [6.07, 6.45) is 6.92. The predicted molar refractivity (Wildman–Crippen MR) is 67.0 cm³/mol. The monoisotopic (exact) mass is 246 g/mol. The molecule has 1 aliphatic heterocycles. The van der Waals surface area contributed by atoms with Crippen LogP contribution in [0.1, 0.15) is 30.2 Å². The second kappa shape index (κ2) is 3.43. The van der Waals surface area contributed by atoms with E-state index in [1.807, 2.05) is 23.9 Å². The van der Waals surface area contributed by atoms with Gasteiger partial charge in [-0.25, -0.2) is 4.98 Å². The largest absolute Gasteiger partial charge is 0.393 e. The van der Waals surface area contributed by atoms with Gasteiger partial charge in [0.25, 0.3) is 0 Å². The summed E-state index contributed by atoms with van der Waals surface area (Å²) < 4.78 is 2.25. The molecule has 0 radical (unpaired) electrons. The topological polar surface area (TPSA) is 38.1 Å². The summed E-state index contributed by atoms with van der Waals surface area (Å²) in [6, 6.07) is 2.49. The van der Waals surface area contributed by atoms with Crippen molar-refractivity contribution < 1.29 is 5.11 Å². The highest BCUT2D eigenvalue weighted by atomic mass is 32.1. The maximum Gasteiger partial charge on any atom is 0.0957 e. The third kappa shape index (κ3) is 1.22. The van der Waals surface area contributed by atoms with Gasteiger partial charge in [-0.05, 0) is 24.3 Å². The van der Waals surface area contributed by atoms with E-state index in [1.54, 1.807) is 0 Å². The first kappa shape index (κ1) is 9.85. The first-order valence-electron chi connectivity index (χ1n) is 6.14. The Bertz CT molecular complexity index is 519. The quantitative estimate of drug-likeness (QED) is 0.840. The molecule has 2 aromatic heterocycles. The van der Waals surface area contributed by atoms with E-state index in [0.717, 1.165) is 19.3 Å². The number of hydrogen-bond donors (Lipinski definition) is 1. The lowest BCUT2D eigenvalue weighted by Gasteiger charge is -2.23. The highest BCUT2D eigenvalue weighted by molar-refractivity contribution is 7.10. The molecule has 2 aromatic rings. The van der Waals surface area contributed by atoms with Gasteiger partial charge in [-0.1, -0.05) is 6.42 Å². The molecular formula is C13H14N2OS. The predicted octanol–water partition coefficient (Wildman–Crippen LogP) is 2.68. The zero-order valence-electron chi connectivity index (χ0n) is 9.41. The highest BCUT2D eigenvalue weighted by Gasteiger charge is 2.40. The minimum atomic E-state index is -0.150. The maximum atomic E-state index is 10.1. The summed E-state index contributed by atoms with van der Waals surface area (Å²) >= 11 is 1.81. The minimum Gasteiger partial charge on any atom is -0.393 e. The van der Waals surface area contributed by atoms with Gasteiger partial charge in [0.1, 0.15) is 0 Å². The van der Waals surface area contributed by atoms with Crippen molar-refractivity contribution in [2.24, 2.45) is 5.92 Å². The van der Waals surface area contributed by atoms with Crippen LogP contribution in [0.3, 0.4) is 0 Å². The molecule has 0 spiro atoms. The van der Waals surface area contributed by atoms with Gasteiger partial charge >= 0.3 is 0 Å². The molecule has 0 bridgehead atoms. The first-order valence-corrected chi connectivity index (χ1v) is 7.02. The van der Waals surface area contributed by atoms with Crippen LogP contribution in [0.5, 0.6) is 0 Å². The molecule has 1 N–H and O–H groups in total. The Balaban J connectivity index is 1.87. The maximum absolute atomic E-state index is 10.1. The van der Waals surface area contributed by atoms with Crippen LogP contribution in [0.2, 0.25) is 0 Å². The van der Waals surface area contributed by atoms with Crippen molar-refractivity contribution in [3.05, 3.63) is 28.8 Å². The highest BCUT2D eigenvalue weighted by Crippen LogP contribution is 2.49. The number of thiophene rings is 1. The van der Waals surface area contributed by atoms with Crippen molar-refractivity contribution in [2.45, 2.75) is 31.4 Å². The number of hydrogen-bond acceptors (Lipinski definition) is 3. The fourth-order valence-electron chi connectivity index (χ4n) is 3.36. The van der Waals surface area contributed by atoms with E-state index in [2.05, 4.69) is 21.0 Å². The molecule has 4 rings (SSSR count). The Morgan fingerprint density at radius 1 is 1.41 bits per heavy atom. The van der Waals surface area contributed by atoms with Crippen molar-refractivity contribution in [1.82, 2.24) is 9.55 Å². The number of nitrogens with zero attached hydrogens (tertiary/aromatic N) is 2. The van der Waals surface area contributed by atoms with E-state index in [1.165, 1.54) is 16.1 Å². The van der Waals surface area contributed by atoms with Crippen molar-refractivity contribution in [1.29, 1.82) is 0 Å². The van der Waals surface area contributed by atoms with Crippen LogP contribution in [0, 0.1) is 5.92 Å². The Morgan fingerprint density at radius 2 is 2.35 bits per heavy atom. The van der Waals surface area contributed by atoms with Crippen LogP contribution in [-0.4, -0.2) is 20.8 Å². The molecule has 1 aliphatic carbocycles. The van der Waals surface area contributed by atoms with Crippen molar-refractivity contribution in [3.8, 4) is 11.3 Å². The average Bonchev–Trinajstić information content (AvgIpc) is 3.00. The summed E-state index contributed by atoms with van der Waals surface area (Å²) in [4.78, 5) is 5.67. The zero-order chi connectivity index (χ0) is 11.4. The van der Waals surface area contributed by atoms with Crippen LogP contribution >= 0.6 is 11.3 Å². The Kier molecular flexibility index (Phi) is 1.99. The Morgan fingerprint density at radius 3 is 3.18 bits per heavy atom. The lowest BCUT2D eigenvalue weighted by atomic mass is 9.95. The van der Waals surface area contributed by atoms with Crippen LogP contribution in [0.15, 0.2) is 24.0 Å². The molecule has 1 saturated carbocycles. The number of aromatic nitrogens is 2. The molecule has 3 heterocycles. The summed E-state index contributed by atoms with van der Waals surface area (Å²) in [6.45, 7) is 0. The standard InChI is InChI=1S/C13H14N2OS/c16-11-3-1-2-9(11)12-13-8(4-5-17-13)10-6-14-7-15(10)12/h4-7,9,11-12,16H,1-3H2/t9-,11-,12?/m0/s1. The molecule has 1 fully saturated rings. The molecular weight excluding hydrogens is 232 g/mol. The van der Waals surface area contributed by atoms with Crippen molar-refractivity contribution in [2.75, 3.05) is 0 Å². The van der Waals surface area contributed by atoms with Gasteiger partial charge in [-0.15, -0.1) is 11.3 Å². The summed E-state index contributed by atoms with van der Waals surface area (Å²) in [5.74, 6) is 0.364. The molecule has 0 saturated heterocycles. The van der Waals surface area contributed by atoms with E-state index in [0.29, 0.717) is 12.0 Å². The van der Waals surface area contributed by atoms with Crippen LogP contribution in [0.4, 0.5) is 0 Å². The second-order valence-electron chi connectivity index (χ2n) is 4.99. The van der Waals surface area contributed by atoms with Gasteiger partial charge < -0.3 is 9.67 Å². The van der Waals surface area contributed by atoms with Crippen LogP contribution < -0.4 is 0 Å². The molecule has 3 atom stereocenters. The molecule has 88 valence electrons. The molecule has 1 unspecified atom stereocenters. The smallest absolute Gasteiger partial charge is 0.0957 e. The zero-order valence-corrected chi connectivity index (χ0v) is 10.2.